The van der Waals surface area contributed by atoms with Crippen LogP contribution in [0.4, 0.5) is 4.39 Å². The molecule has 1 unspecified atom stereocenters. The average molecular weight is 208 g/mol. The summed E-state index contributed by atoms with van der Waals surface area (Å²) in [5.41, 5.74) is 1.63. The van der Waals surface area contributed by atoms with Gasteiger partial charge in [-0.1, -0.05) is 19.1 Å². The van der Waals surface area contributed by atoms with Gasteiger partial charge in [0, 0.05) is 6.42 Å². The van der Waals surface area contributed by atoms with Crippen molar-refractivity contribution in [1.82, 2.24) is 0 Å². The summed E-state index contributed by atoms with van der Waals surface area (Å²) in [5, 5.41) is 0. The van der Waals surface area contributed by atoms with Crippen molar-refractivity contribution in [3.05, 3.63) is 35.1 Å². The Morgan fingerprint density at radius 3 is 2.67 bits per heavy atom. The summed E-state index contributed by atoms with van der Waals surface area (Å²) in [5.74, 6) is 0.208. The second-order valence-electron chi connectivity index (χ2n) is 4.31. The van der Waals surface area contributed by atoms with E-state index in [2.05, 4.69) is 0 Å². The SMILES string of the molecule is CC(=O)CC(C)Cc1ccc(C)cc1F. The minimum Gasteiger partial charge on any atom is -0.300 e. The van der Waals surface area contributed by atoms with Gasteiger partial charge in [0.1, 0.15) is 11.6 Å². The largest absolute Gasteiger partial charge is 0.300 e. The zero-order chi connectivity index (χ0) is 11.4. The maximum Gasteiger partial charge on any atom is 0.130 e. The van der Waals surface area contributed by atoms with E-state index in [9.17, 15) is 9.18 Å². The summed E-state index contributed by atoms with van der Waals surface area (Å²) in [7, 11) is 0. The van der Waals surface area contributed by atoms with Crippen LogP contribution >= 0.6 is 0 Å². The van der Waals surface area contributed by atoms with E-state index in [1.807, 2.05) is 19.9 Å². The molecule has 0 aromatic heterocycles. The van der Waals surface area contributed by atoms with Gasteiger partial charge in [-0.3, -0.25) is 0 Å². The normalized spacial score (nSPS) is 12.5. The van der Waals surface area contributed by atoms with Crippen molar-refractivity contribution in [2.75, 3.05) is 0 Å². The molecule has 0 spiro atoms. The van der Waals surface area contributed by atoms with Gasteiger partial charge < -0.3 is 4.79 Å². The number of carbonyl (C=O) groups excluding carboxylic acids is 1. The predicted octanol–water partition coefficient (Wildman–Crippen LogP) is 3.29. The lowest BCUT2D eigenvalue weighted by Crippen LogP contribution is -2.06. The number of ketones is 1. The van der Waals surface area contributed by atoms with Crippen LogP contribution in [0.1, 0.15) is 31.4 Å². The Kier molecular flexibility index (Phi) is 4.01. The van der Waals surface area contributed by atoms with Crippen LogP contribution in [0, 0.1) is 18.7 Å². The van der Waals surface area contributed by atoms with E-state index in [-0.39, 0.29) is 17.5 Å². The number of carbonyl (C=O) groups is 1. The lowest BCUT2D eigenvalue weighted by molar-refractivity contribution is -0.117. The van der Waals surface area contributed by atoms with Crippen LogP contribution in [0.5, 0.6) is 0 Å². The van der Waals surface area contributed by atoms with Crippen molar-refractivity contribution in [3.8, 4) is 0 Å². The first-order valence-electron chi connectivity index (χ1n) is 5.23. The van der Waals surface area contributed by atoms with Gasteiger partial charge >= 0.3 is 0 Å². The molecule has 1 atom stereocenters. The van der Waals surface area contributed by atoms with Gasteiger partial charge in [0.05, 0.1) is 0 Å². The number of aryl methyl sites for hydroxylation is 1. The standard InChI is InChI=1S/C13H17FO/c1-9-4-5-12(13(14)8-9)7-10(2)6-11(3)15/h4-5,8,10H,6-7H2,1-3H3. The zero-order valence-electron chi connectivity index (χ0n) is 9.51. The Labute approximate surface area is 90.3 Å². The molecule has 0 saturated carbocycles. The summed E-state index contributed by atoms with van der Waals surface area (Å²) < 4.78 is 13.5. The molecule has 0 heterocycles. The highest BCUT2D eigenvalue weighted by Crippen LogP contribution is 2.16. The molecule has 0 aliphatic heterocycles. The van der Waals surface area contributed by atoms with Crippen LogP contribution in [-0.2, 0) is 11.2 Å². The van der Waals surface area contributed by atoms with E-state index >= 15 is 0 Å². The molecule has 0 fully saturated rings. The number of halogens is 1. The van der Waals surface area contributed by atoms with E-state index in [4.69, 9.17) is 0 Å². The number of rotatable bonds is 4. The van der Waals surface area contributed by atoms with E-state index in [0.29, 0.717) is 18.4 Å². The molecule has 0 N–H and O–H groups in total. The lowest BCUT2D eigenvalue weighted by atomic mass is 9.96. The maximum atomic E-state index is 13.5. The van der Waals surface area contributed by atoms with Crippen molar-refractivity contribution < 1.29 is 9.18 Å². The van der Waals surface area contributed by atoms with Gasteiger partial charge in [0.25, 0.3) is 0 Å². The number of hydrogen-bond donors (Lipinski definition) is 0. The van der Waals surface area contributed by atoms with Crippen molar-refractivity contribution in [1.29, 1.82) is 0 Å². The van der Waals surface area contributed by atoms with E-state index in [1.165, 1.54) is 6.07 Å². The summed E-state index contributed by atoms with van der Waals surface area (Å²) in [6.45, 7) is 5.41. The summed E-state index contributed by atoms with van der Waals surface area (Å²) >= 11 is 0. The van der Waals surface area contributed by atoms with E-state index in [1.54, 1.807) is 13.0 Å². The minimum atomic E-state index is -0.162. The van der Waals surface area contributed by atoms with Crippen LogP contribution in [0.3, 0.4) is 0 Å². The first-order valence-corrected chi connectivity index (χ1v) is 5.23. The van der Waals surface area contributed by atoms with Crippen LogP contribution in [0.2, 0.25) is 0 Å². The van der Waals surface area contributed by atoms with Crippen molar-refractivity contribution in [2.24, 2.45) is 5.92 Å². The van der Waals surface area contributed by atoms with Gasteiger partial charge in [0.15, 0.2) is 0 Å². The predicted molar refractivity (Wildman–Crippen MR) is 59.3 cm³/mol. The maximum absolute atomic E-state index is 13.5. The van der Waals surface area contributed by atoms with Crippen LogP contribution in [0.15, 0.2) is 18.2 Å². The van der Waals surface area contributed by atoms with Gasteiger partial charge in [-0.05, 0) is 43.4 Å². The monoisotopic (exact) mass is 208 g/mol. The molecule has 1 rings (SSSR count). The molecule has 82 valence electrons. The highest BCUT2D eigenvalue weighted by molar-refractivity contribution is 5.75. The lowest BCUT2D eigenvalue weighted by Gasteiger charge is -2.10. The highest BCUT2D eigenvalue weighted by Gasteiger charge is 2.09. The number of benzene rings is 1. The summed E-state index contributed by atoms with van der Waals surface area (Å²) in [4.78, 5) is 10.9. The first-order chi connectivity index (χ1) is 6.99. The Morgan fingerprint density at radius 2 is 2.13 bits per heavy atom. The molecule has 1 nitrogen and oxygen atoms in total. The molecule has 15 heavy (non-hydrogen) atoms. The zero-order valence-corrected chi connectivity index (χ0v) is 9.51. The second kappa shape index (κ2) is 5.06. The topological polar surface area (TPSA) is 17.1 Å². The first kappa shape index (κ1) is 11.9. The second-order valence-corrected chi connectivity index (χ2v) is 4.31. The highest BCUT2D eigenvalue weighted by atomic mass is 19.1. The fraction of sp³-hybridized carbons (Fsp3) is 0.462. The van der Waals surface area contributed by atoms with Crippen LogP contribution in [0.25, 0.3) is 0 Å². The molecular formula is C13H17FO. The molecule has 0 bridgehead atoms. The Bertz CT molecular complexity index is 358. The van der Waals surface area contributed by atoms with E-state index < -0.39 is 0 Å². The quantitative estimate of drug-likeness (QED) is 0.742. The number of Topliss-reactive ketones (excluding diaryl/α,β-unsaturated/α-hetero) is 1. The molecule has 2 heteroatoms. The molecule has 0 aliphatic carbocycles. The van der Waals surface area contributed by atoms with Gasteiger partial charge in [0.2, 0.25) is 0 Å². The smallest absolute Gasteiger partial charge is 0.130 e. The van der Waals surface area contributed by atoms with Crippen molar-refractivity contribution in [3.63, 3.8) is 0 Å². The van der Waals surface area contributed by atoms with Gasteiger partial charge in [-0.15, -0.1) is 0 Å². The summed E-state index contributed by atoms with van der Waals surface area (Å²) in [6.07, 6.45) is 1.15. The average Bonchev–Trinajstić information content (AvgIpc) is 2.08. The fourth-order valence-electron chi connectivity index (χ4n) is 1.76. The van der Waals surface area contributed by atoms with Crippen LogP contribution < -0.4 is 0 Å². The molecular weight excluding hydrogens is 191 g/mol. The molecule has 1 aromatic rings. The fourth-order valence-corrected chi connectivity index (χ4v) is 1.76. The molecule has 0 aliphatic rings. The molecule has 1 aromatic carbocycles. The summed E-state index contributed by atoms with van der Waals surface area (Å²) in [6, 6.07) is 5.25. The van der Waals surface area contributed by atoms with Gasteiger partial charge in [-0.2, -0.15) is 0 Å². The third-order valence-electron chi connectivity index (χ3n) is 2.41. The molecule has 0 radical (unpaired) electrons. The molecule has 0 amide bonds. The third-order valence-corrected chi connectivity index (χ3v) is 2.41. The Morgan fingerprint density at radius 1 is 1.47 bits per heavy atom. The van der Waals surface area contributed by atoms with Gasteiger partial charge in [-0.25, -0.2) is 4.39 Å². The Hall–Kier alpha value is -1.18. The molecule has 0 saturated heterocycles. The minimum absolute atomic E-state index is 0.162. The number of hydrogen-bond acceptors (Lipinski definition) is 1. The Balaban J connectivity index is 2.68. The third kappa shape index (κ3) is 3.82. The van der Waals surface area contributed by atoms with Crippen molar-refractivity contribution >= 4 is 5.78 Å². The van der Waals surface area contributed by atoms with Crippen molar-refractivity contribution in [2.45, 2.75) is 33.6 Å². The van der Waals surface area contributed by atoms with E-state index in [0.717, 1.165) is 5.56 Å². The van der Waals surface area contributed by atoms with Crippen LogP contribution in [-0.4, -0.2) is 5.78 Å².